The van der Waals surface area contributed by atoms with E-state index >= 15 is 0 Å². The van der Waals surface area contributed by atoms with Gasteiger partial charge in [0.05, 0.1) is 20.4 Å². The number of piperidine rings is 2. The van der Waals surface area contributed by atoms with E-state index in [4.69, 9.17) is 15.7 Å². The fourth-order valence-electron chi connectivity index (χ4n) is 10.6. The van der Waals surface area contributed by atoms with Crippen LogP contribution in [0.25, 0.3) is 42.5 Å². The molecule has 2 atom stereocenters. The first-order valence-corrected chi connectivity index (χ1v) is 26.7. The van der Waals surface area contributed by atoms with Crippen molar-refractivity contribution in [3.05, 3.63) is 87.8 Å². The summed E-state index contributed by atoms with van der Waals surface area (Å²) in [6, 6.07) is 21.8. The minimum absolute atomic E-state index is 0.592. The van der Waals surface area contributed by atoms with Gasteiger partial charge in [0.1, 0.15) is 34.1 Å². The van der Waals surface area contributed by atoms with E-state index in [0.717, 1.165) is 116 Å². The second-order valence-corrected chi connectivity index (χ2v) is 22.4. The van der Waals surface area contributed by atoms with Gasteiger partial charge >= 0.3 is 0 Å². The number of halogens is 3. The molecule has 8 heterocycles. The zero-order valence-electron chi connectivity index (χ0n) is 40.5. The number of anilines is 5. The lowest BCUT2D eigenvalue weighted by molar-refractivity contribution is 0.267. The summed E-state index contributed by atoms with van der Waals surface area (Å²) in [6.07, 6.45) is 8.00. The van der Waals surface area contributed by atoms with Crippen molar-refractivity contribution >= 4 is 109 Å². The lowest BCUT2D eigenvalue weighted by atomic mass is 9.91. The molecule has 17 heteroatoms. The van der Waals surface area contributed by atoms with Crippen LogP contribution in [0, 0.1) is 0 Å². The second-order valence-electron chi connectivity index (χ2n) is 19.6. The third-order valence-electron chi connectivity index (χ3n) is 14.7. The standard InChI is InChI=1S/C26H31FN6S.C14H18BrN3.C12H14FN3S/c1-31(2)18-5-7-22-20(15-18)19-6-9-24(30-25(19)32(22)3)28-17-4-8-23-21(14-17)29-26(34-23)33-12-10-16(27)11-13-33;1-17(2)9-4-6-12-11(8-9)10-5-7-13(15)16-14(10)18(12)3;13-8-3-5-16(6-4-8)12-15-10-7-9(14)1-2-11(10)17-12/h4,6,8-9,14,16,18H,5,7,10-13,15H2,1-3H3,(H,28,30);5,7,9H,4,6,8H2,1-3H3;1-2,7-8H,3-6,14H2. The van der Waals surface area contributed by atoms with Crippen LogP contribution in [0.4, 0.5) is 36.2 Å². The van der Waals surface area contributed by atoms with Crippen molar-refractivity contribution in [2.24, 2.45) is 14.1 Å². The molecule has 12 nitrogen and oxygen atoms in total. The summed E-state index contributed by atoms with van der Waals surface area (Å²) >= 11 is 6.80. The molecule has 0 radical (unpaired) electrons. The lowest BCUT2D eigenvalue weighted by Gasteiger charge is -2.28. The summed E-state index contributed by atoms with van der Waals surface area (Å²) in [7, 11) is 13.0. The van der Waals surface area contributed by atoms with Crippen LogP contribution in [0.1, 0.15) is 61.0 Å². The highest BCUT2D eigenvalue weighted by Crippen LogP contribution is 2.37. The number of nitrogens with one attached hydrogen (secondary N) is 1. The van der Waals surface area contributed by atoms with Gasteiger partial charge in [0, 0.05) is 85.9 Å². The number of thiazole rings is 2. The molecule has 2 saturated heterocycles. The molecule has 2 fully saturated rings. The Balaban J connectivity index is 0.000000133. The number of alkyl halides is 2. The molecule has 0 bridgehead atoms. The topological polar surface area (TPSA) is 112 Å². The van der Waals surface area contributed by atoms with Gasteiger partial charge in [0.25, 0.3) is 0 Å². The molecule has 69 heavy (non-hydrogen) atoms. The summed E-state index contributed by atoms with van der Waals surface area (Å²) in [6.45, 7) is 3.00. The van der Waals surface area contributed by atoms with Gasteiger partial charge in [0.2, 0.25) is 0 Å². The first-order chi connectivity index (χ1) is 33.3. The summed E-state index contributed by atoms with van der Waals surface area (Å²) in [5, 5.41) is 8.05. The van der Waals surface area contributed by atoms with Crippen LogP contribution in [-0.4, -0.2) is 118 Å². The van der Waals surface area contributed by atoms with E-state index in [2.05, 4.69) is 139 Å². The number of rotatable bonds is 6. The van der Waals surface area contributed by atoms with Crippen molar-refractivity contribution in [2.75, 3.05) is 75.2 Å². The molecule has 4 aliphatic rings. The minimum Gasteiger partial charge on any atom is -0.399 e. The van der Waals surface area contributed by atoms with Gasteiger partial charge in [-0.05, 0) is 180 Å². The van der Waals surface area contributed by atoms with E-state index in [-0.39, 0.29) is 0 Å². The fourth-order valence-corrected chi connectivity index (χ4v) is 12.9. The maximum Gasteiger partial charge on any atom is 0.186 e. The monoisotopic (exact) mass is 1040 g/mol. The molecule has 3 N–H and O–H groups in total. The average Bonchev–Trinajstić information content (AvgIpc) is 4.10. The Morgan fingerprint density at radius 1 is 0.623 bits per heavy atom. The van der Waals surface area contributed by atoms with E-state index in [1.165, 1.54) is 46.1 Å². The normalized spacial score (nSPS) is 19.0. The largest absolute Gasteiger partial charge is 0.399 e. The van der Waals surface area contributed by atoms with E-state index in [9.17, 15) is 8.78 Å². The number of nitrogens with zero attached hydrogens (tertiary/aromatic N) is 10. The van der Waals surface area contributed by atoms with Gasteiger partial charge in [-0.1, -0.05) is 22.7 Å². The van der Waals surface area contributed by atoms with Crippen molar-refractivity contribution < 1.29 is 8.78 Å². The van der Waals surface area contributed by atoms with Crippen LogP contribution < -0.4 is 20.9 Å². The first-order valence-electron chi connectivity index (χ1n) is 24.3. The lowest BCUT2D eigenvalue weighted by Crippen LogP contribution is -2.34. The van der Waals surface area contributed by atoms with Crippen LogP contribution in [-0.2, 0) is 39.8 Å². The van der Waals surface area contributed by atoms with Crippen LogP contribution in [0.15, 0.2) is 65.3 Å². The fraction of sp³-hybridized carbons (Fsp3) is 0.462. The molecule has 8 aromatic rings. The van der Waals surface area contributed by atoms with E-state index < -0.39 is 12.3 Å². The number of hydrogen-bond donors (Lipinski definition) is 2. The van der Waals surface area contributed by atoms with Gasteiger partial charge < -0.3 is 39.8 Å². The maximum atomic E-state index is 13.5. The van der Waals surface area contributed by atoms with E-state index in [1.807, 2.05) is 24.3 Å². The quantitative estimate of drug-likeness (QED) is 0.123. The predicted octanol–water partition coefficient (Wildman–Crippen LogP) is 10.9. The van der Waals surface area contributed by atoms with Crippen LogP contribution >= 0.6 is 38.6 Å². The smallest absolute Gasteiger partial charge is 0.186 e. The number of likely N-dealkylation sites (N-methyl/N-ethyl adjacent to an activating group) is 2. The summed E-state index contributed by atoms with van der Waals surface area (Å²) in [5.74, 6) is 0.842. The summed E-state index contributed by atoms with van der Waals surface area (Å²) in [4.78, 5) is 28.1. The number of hydrogen-bond acceptors (Lipinski definition) is 12. The zero-order chi connectivity index (χ0) is 48.1. The van der Waals surface area contributed by atoms with Gasteiger partial charge in [-0.25, -0.2) is 28.7 Å². The average molecular weight is 1040 g/mol. The Morgan fingerprint density at radius 3 is 1.65 bits per heavy atom. The Bertz CT molecular complexity index is 3110. The molecular formula is C52H63BrF2N12S2. The number of fused-ring (bicyclic) bond motifs is 8. The van der Waals surface area contributed by atoms with Gasteiger partial charge in [-0.2, -0.15) is 0 Å². The Morgan fingerprint density at radius 2 is 1.12 bits per heavy atom. The van der Waals surface area contributed by atoms with Crippen molar-refractivity contribution in [3.63, 3.8) is 0 Å². The van der Waals surface area contributed by atoms with E-state index in [1.54, 1.807) is 22.7 Å². The van der Waals surface area contributed by atoms with Crippen LogP contribution in [0.5, 0.6) is 0 Å². The number of nitrogen functional groups attached to an aromatic ring is 1. The minimum atomic E-state index is -0.671. The number of aryl methyl sites for hydroxylation is 2. The molecular weight excluding hydrogens is 975 g/mol. The summed E-state index contributed by atoms with van der Waals surface area (Å²) < 4.78 is 34.3. The predicted molar refractivity (Wildman–Crippen MR) is 288 cm³/mol. The third-order valence-corrected chi connectivity index (χ3v) is 17.4. The molecule has 364 valence electrons. The van der Waals surface area contributed by atoms with Crippen molar-refractivity contribution in [1.82, 2.24) is 38.9 Å². The summed E-state index contributed by atoms with van der Waals surface area (Å²) in [5.41, 5.74) is 17.3. The molecule has 0 saturated carbocycles. The second kappa shape index (κ2) is 20.1. The third kappa shape index (κ3) is 10.0. The molecule has 0 spiro atoms. The van der Waals surface area contributed by atoms with Gasteiger partial charge in [0.15, 0.2) is 10.3 Å². The molecule has 2 aliphatic heterocycles. The van der Waals surface area contributed by atoms with Crippen LogP contribution in [0.2, 0.25) is 0 Å². The Labute approximate surface area is 419 Å². The van der Waals surface area contributed by atoms with Crippen molar-refractivity contribution in [2.45, 2.75) is 88.6 Å². The highest BCUT2D eigenvalue weighted by molar-refractivity contribution is 9.10. The highest BCUT2D eigenvalue weighted by Gasteiger charge is 2.28. The van der Waals surface area contributed by atoms with Crippen molar-refractivity contribution in [3.8, 4) is 0 Å². The van der Waals surface area contributed by atoms with Crippen molar-refractivity contribution in [1.29, 1.82) is 0 Å². The molecule has 2 aromatic carbocycles. The van der Waals surface area contributed by atoms with Gasteiger partial charge in [-0.15, -0.1) is 0 Å². The van der Waals surface area contributed by atoms with Gasteiger partial charge in [-0.3, -0.25) is 0 Å². The molecule has 2 unspecified atom stereocenters. The zero-order valence-corrected chi connectivity index (χ0v) is 43.7. The molecule has 6 aromatic heterocycles. The molecule has 12 rings (SSSR count). The maximum absolute atomic E-state index is 13.5. The number of aromatic nitrogens is 6. The number of pyridine rings is 2. The number of nitrogens with two attached hydrogens (primary N) is 1. The number of benzene rings is 2. The van der Waals surface area contributed by atoms with E-state index in [0.29, 0.717) is 37.8 Å². The first kappa shape index (κ1) is 47.7. The Kier molecular flexibility index (Phi) is 13.9. The molecule has 0 amide bonds. The van der Waals surface area contributed by atoms with Crippen LogP contribution in [0.3, 0.4) is 0 Å². The Hall–Kier alpha value is -4.94. The SMILES string of the molecule is CN(C)C1CCc2c(c3ccc(Br)nc3n2C)C1.CN(C)C1CCc2c(c3ccc(Nc4ccc5sc(N6CCC(F)CC6)nc5c4)nc3n2C)C1.Nc1ccc2sc(N3CCC(F)CC3)nc2c1. The highest BCUT2D eigenvalue weighted by atomic mass is 79.9. The molecule has 2 aliphatic carbocycles.